The lowest BCUT2D eigenvalue weighted by atomic mass is 10.1. The molecule has 0 radical (unpaired) electrons. The second kappa shape index (κ2) is 10.9. The molecule has 0 spiro atoms. The monoisotopic (exact) mass is 528 g/mol. The van der Waals surface area contributed by atoms with Crippen molar-refractivity contribution in [2.24, 2.45) is 0 Å². The largest absolute Gasteiger partial charge is 0.491 e. The topological polar surface area (TPSA) is 75.7 Å². The number of halogens is 3. The molecule has 1 amide bonds. The van der Waals surface area contributed by atoms with Gasteiger partial charge in [0.25, 0.3) is 10.0 Å². The predicted octanol–water partition coefficient (Wildman–Crippen LogP) is 5.25. The maximum atomic E-state index is 13.3. The molecule has 0 aromatic heterocycles. The summed E-state index contributed by atoms with van der Waals surface area (Å²) in [5.74, 6) is -0.0666. The summed E-state index contributed by atoms with van der Waals surface area (Å²) >= 11 is 0. The zero-order valence-electron chi connectivity index (χ0n) is 19.5. The average molecular weight is 529 g/mol. The third kappa shape index (κ3) is 6.21. The first kappa shape index (κ1) is 26.0. The summed E-state index contributed by atoms with van der Waals surface area (Å²) in [7, 11) is -4.34. The van der Waals surface area contributed by atoms with Crippen molar-refractivity contribution in [2.45, 2.75) is 11.1 Å². The summed E-state index contributed by atoms with van der Waals surface area (Å²) in [5.41, 5.74) is -1.30. The number of carbonyl (C=O) groups excluding carboxylic acids is 1. The molecular formula is C27H23F3N2O4S. The van der Waals surface area contributed by atoms with Crippen molar-refractivity contribution in [1.29, 1.82) is 0 Å². The molecule has 0 saturated heterocycles. The van der Waals surface area contributed by atoms with E-state index in [1.54, 1.807) is 12.1 Å². The van der Waals surface area contributed by atoms with Crippen LogP contribution in [-0.4, -0.2) is 34.0 Å². The normalized spacial score (nSPS) is 11.8. The summed E-state index contributed by atoms with van der Waals surface area (Å²) < 4.78 is 72.9. The zero-order valence-corrected chi connectivity index (χ0v) is 20.3. The highest BCUT2D eigenvalue weighted by molar-refractivity contribution is 7.92. The highest BCUT2D eigenvalue weighted by atomic mass is 32.2. The van der Waals surface area contributed by atoms with Crippen LogP contribution in [0.2, 0.25) is 0 Å². The highest BCUT2D eigenvalue weighted by Crippen LogP contribution is 2.33. The standard InChI is InChI=1S/C27H23F3N2O4S/c28-27(29,30)21-10-7-11-22(18-21)32(37(34,35)23-12-2-1-3-13-23)19-26(33)31-16-17-36-25-15-6-9-20-8-4-5-14-24(20)25/h1-15,18H,16-17,19H2,(H,31,33). The SMILES string of the molecule is O=C(CN(c1cccc(C(F)(F)F)c1)S(=O)(=O)c1ccccc1)NCCOc1cccc2ccccc12. The van der Waals surface area contributed by atoms with Gasteiger partial charge in [-0.3, -0.25) is 9.10 Å². The third-order valence-electron chi connectivity index (χ3n) is 5.51. The lowest BCUT2D eigenvalue weighted by molar-refractivity contribution is -0.137. The fraction of sp³-hybridized carbons (Fsp3) is 0.148. The number of hydrogen-bond donors (Lipinski definition) is 1. The van der Waals surface area contributed by atoms with E-state index in [1.165, 1.54) is 30.3 Å². The minimum absolute atomic E-state index is 0.0594. The Balaban J connectivity index is 1.49. The van der Waals surface area contributed by atoms with Gasteiger partial charge in [0, 0.05) is 5.39 Å². The summed E-state index contributed by atoms with van der Waals surface area (Å²) in [6.45, 7) is -0.550. The van der Waals surface area contributed by atoms with Gasteiger partial charge in [-0.15, -0.1) is 0 Å². The van der Waals surface area contributed by atoms with Gasteiger partial charge in [0.15, 0.2) is 0 Å². The molecule has 0 fully saturated rings. The summed E-state index contributed by atoms with van der Waals surface area (Å²) in [6.07, 6.45) is -4.68. The molecule has 1 N–H and O–H groups in total. The Labute approximate surface area is 212 Å². The Kier molecular flexibility index (Phi) is 7.68. The van der Waals surface area contributed by atoms with Crippen molar-refractivity contribution in [3.8, 4) is 5.75 Å². The molecule has 0 saturated carbocycles. The minimum Gasteiger partial charge on any atom is -0.491 e. The van der Waals surface area contributed by atoms with Gasteiger partial charge in [-0.05, 0) is 41.8 Å². The number of sulfonamides is 1. The molecule has 0 aliphatic heterocycles. The zero-order chi connectivity index (χ0) is 26.5. The lowest BCUT2D eigenvalue weighted by Crippen LogP contribution is -2.42. The van der Waals surface area contributed by atoms with Crippen molar-refractivity contribution >= 4 is 32.4 Å². The van der Waals surface area contributed by atoms with E-state index in [1.807, 2.05) is 36.4 Å². The number of nitrogens with one attached hydrogen (secondary N) is 1. The van der Waals surface area contributed by atoms with Crippen LogP contribution in [0.25, 0.3) is 10.8 Å². The number of ether oxygens (including phenoxy) is 1. The fourth-order valence-corrected chi connectivity index (χ4v) is 5.17. The van der Waals surface area contributed by atoms with E-state index in [9.17, 15) is 26.4 Å². The van der Waals surface area contributed by atoms with Gasteiger partial charge in [-0.2, -0.15) is 13.2 Å². The molecule has 0 heterocycles. The van der Waals surface area contributed by atoms with Crippen LogP contribution in [0.4, 0.5) is 18.9 Å². The molecule has 0 bridgehead atoms. The molecule has 4 rings (SSSR count). The van der Waals surface area contributed by atoms with Crippen LogP contribution in [0.3, 0.4) is 0 Å². The van der Waals surface area contributed by atoms with Gasteiger partial charge in [-0.25, -0.2) is 8.42 Å². The number of amides is 1. The summed E-state index contributed by atoms with van der Waals surface area (Å²) in [6, 6.07) is 24.3. The van der Waals surface area contributed by atoms with Crippen LogP contribution in [0.15, 0.2) is 102 Å². The molecule has 0 unspecified atom stereocenters. The highest BCUT2D eigenvalue weighted by Gasteiger charge is 2.33. The molecule has 4 aromatic rings. The molecule has 0 aliphatic rings. The number of anilines is 1. The van der Waals surface area contributed by atoms with Gasteiger partial charge in [-0.1, -0.05) is 60.7 Å². The molecule has 192 valence electrons. The fourth-order valence-electron chi connectivity index (χ4n) is 3.73. The van der Waals surface area contributed by atoms with Gasteiger partial charge in [0.2, 0.25) is 5.91 Å². The van der Waals surface area contributed by atoms with Crippen LogP contribution >= 0.6 is 0 Å². The van der Waals surface area contributed by atoms with Gasteiger partial charge >= 0.3 is 6.18 Å². The van der Waals surface area contributed by atoms with Gasteiger partial charge in [0.1, 0.15) is 18.9 Å². The smallest absolute Gasteiger partial charge is 0.416 e. The van der Waals surface area contributed by atoms with E-state index in [4.69, 9.17) is 4.74 Å². The first-order chi connectivity index (χ1) is 17.7. The second-order valence-electron chi connectivity index (χ2n) is 8.05. The van der Waals surface area contributed by atoms with E-state index in [0.29, 0.717) is 16.1 Å². The number of rotatable bonds is 9. The van der Waals surface area contributed by atoms with E-state index < -0.39 is 34.2 Å². The van der Waals surface area contributed by atoms with E-state index in [-0.39, 0.29) is 23.7 Å². The number of carbonyl (C=O) groups is 1. The average Bonchev–Trinajstić information content (AvgIpc) is 2.90. The van der Waals surface area contributed by atoms with Crippen molar-refractivity contribution in [1.82, 2.24) is 5.32 Å². The second-order valence-corrected chi connectivity index (χ2v) is 9.91. The molecule has 37 heavy (non-hydrogen) atoms. The number of fused-ring (bicyclic) bond motifs is 1. The number of hydrogen-bond acceptors (Lipinski definition) is 4. The van der Waals surface area contributed by atoms with Crippen molar-refractivity contribution in [2.75, 3.05) is 24.0 Å². The molecule has 0 aliphatic carbocycles. The van der Waals surface area contributed by atoms with Crippen LogP contribution in [0, 0.1) is 0 Å². The Morgan fingerprint density at radius 2 is 1.54 bits per heavy atom. The lowest BCUT2D eigenvalue weighted by Gasteiger charge is -2.25. The minimum atomic E-state index is -4.68. The van der Waals surface area contributed by atoms with Crippen molar-refractivity contribution < 1.29 is 31.1 Å². The summed E-state index contributed by atoms with van der Waals surface area (Å²) in [5, 5.41) is 4.47. The van der Waals surface area contributed by atoms with Gasteiger partial charge < -0.3 is 10.1 Å². The van der Waals surface area contributed by atoms with Crippen molar-refractivity contribution in [3.63, 3.8) is 0 Å². The van der Waals surface area contributed by atoms with E-state index in [0.717, 1.165) is 22.9 Å². The Bertz CT molecular complexity index is 1490. The molecule has 4 aromatic carbocycles. The first-order valence-corrected chi connectivity index (χ1v) is 12.7. The summed E-state index contributed by atoms with van der Waals surface area (Å²) in [4.78, 5) is 12.6. The third-order valence-corrected chi connectivity index (χ3v) is 7.30. The van der Waals surface area contributed by atoms with Crippen molar-refractivity contribution in [3.05, 3.63) is 103 Å². The maximum Gasteiger partial charge on any atom is 0.416 e. The van der Waals surface area contributed by atoms with E-state index >= 15 is 0 Å². The first-order valence-electron chi connectivity index (χ1n) is 11.3. The van der Waals surface area contributed by atoms with Crippen LogP contribution < -0.4 is 14.4 Å². The molecular weight excluding hydrogens is 505 g/mol. The molecule has 6 nitrogen and oxygen atoms in total. The van der Waals surface area contributed by atoms with Crippen LogP contribution in [-0.2, 0) is 21.0 Å². The number of benzene rings is 4. The number of alkyl halides is 3. The Hall–Kier alpha value is -4.05. The Morgan fingerprint density at radius 1 is 0.865 bits per heavy atom. The Morgan fingerprint density at radius 3 is 2.30 bits per heavy atom. The van der Waals surface area contributed by atoms with Crippen LogP contribution in [0.1, 0.15) is 5.56 Å². The predicted molar refractivity (Wildman–Crippen MR) is 135 cm³/mol. The number of nitrogens with zero attached hydrogens (tertiary/aromatic N) is 1. The van der Waals surface area contributed by atoms with E-state index in [2.05, 4.69) is 5.32 Å². The van der Waals surface area contributed by atoms with Crippen LogP contribution in [0.5, 0.6) is 5.75 Å². The maximum absolute atomic E-state index is 13.3. The molecule has 10 heteroatoms. The quantitative estimate of drug-likeness (QED) is 0.301. The van der Waals surface area contributed by atoms with Gasteiger partial charge in [0.05, 0.1) is 22.7 Å². The molecule has 0 atom stereocenters.